The van der Waals surface area contributed by atoms with Crippen LogP contribution in [0.5, 0.6) is 0 Å². The Morgan fingerprint density at radius 2 is 1.38 bits per heavy atom. The number of likely N-dealkylation sites (tertiary alicyclic amines) is 1. The van der Waals surface area contributed by atoms with Crippen LogP contribution < -0.4 is 37.5 Å². The number of alkyl halides is 3. The molecule has 1 saturated carbocycles. The van der Waals surface area contributed by atoms with Gasteiger partial charge >= 0.3 is 12.2 Å². The first kappa shape index (κ1) is 31.0. The Hall–Kier alpha value is -2.43. The molecular weight excluding hydrogens is 533 g/mol. The van der Waals surface area contributed by atoms with Crippen LogP contribution in [0.2, 0.25) is 0 Å². The number of benzene rings is 1. The minimum atomic E-state index is -4.47. The van der Waals surface area contributed by atoms with E-state index in [1.807, 2.05) is 23.6 Å². The molecule has 0 radical (unpaired) electrons. The van der Waals surface area contributed by atoms with Gasteiger partial charge in [0.05, 0.1) is 5.56 Å². The van der Waals surface area contributed by atoms with Crippen LogP contribution in [0, 0.1) is 5.41 Å². The number of carbonyl (C=O) groups excluding carboxylic acids is 1. The van der Waals surface area contributed by atoms with Crippen LogP contribution in [-0.2, 0) is 11.5 Å². The Kier molecular flexibility index (Phi) is 7.85. The summed E-state index contributed by atoms with van der Waals surface area (Å²) in [6.45, 7) is 6.90. The maximum Gasteiger partial charge on any atom is 0.419 e. The first-order valence-electron chi connectivity index (χ1n) is 15.0. The van der Waals surface area contributed by atoms with E-state index in [2.05, 4.69) is 75.1 Å². The van der Waals surface area contributed by atoms with Crippen molar-refractivity contribution in [2.24, 2.45) is 5.41 Å². The highest BCUT2D eigenvalue weighted by Crippen LogP contribution is 2.50. The highest BCUT2D eigenvalue weighted by molar-refractivity contribution is 6.68. The van der Waals surface area contributed by atoms with Crippen molar-refractivity contribution in [1.29, 1.82) is 0 Å². The second kappa shape index (κ2) is 10.6. The van der Waals surface area contributed by atoms with Crippen molar-refractivity contribution in [3.63, 3.8) is 0 Å². The fourth-order valence-corrected chi connectivity index (χ4v) is 7.85. The van der Waals surface area contributed by atoms with Gasteiger partial charge in [-0.1, -0.05) is 16.5 Å². The fraction of sp³-hybridized carbons (Fsp3) is 0.560. The topological polar surface area (TPSA) is 64.6 Å². The summed E-state index contributed by atoms with van der Waals surface area (Å²) in [7, 11) is 15.9. The molecule has 42 heavy (non-hydrogen) atoms. The number of nitrogens with zero attached hydrogens (tertiary/aromatic N) is 5. The number of anilines is 1. The Balaban J connectivity index is 1.15. The van der Waals surface area contributed by atoms with E-state index in [-0.39, 0.29) is 40.9 Å². The number of urea groups is 1. The van der Waals surface area contributed by atoms with E-state index in [0.29, 0.717) is 13.1 Å². The molecule has 17 heteroatoms. The number of nitrogens with one attached hydrogen (secondary N) is 1. The SMILES string of the molecule is Bc1c(B)c(B)c(C(B)(B)N2CC3(CC(NC(=O)N4[C@H](C)CN(c5ncc(C(F)(F)F)cn5)C[C@@H]4C)C3)C2)c(B)c1B. The van der Waals surface area contributed by atoms with Crippen molar-refractivity contribution < 1.29 is 18.0 Å². The maximum atomic E-state index is 13.3. The number of carbonyl (C=O) groups is 1. The Labute approximate surface area is 253 Å². The van der Waals surface area contributed by atoms with Gasteiger partial charge < -0.3 is 20.0 Å². The molecule has 3 fully saturated rings. The molecule has 1 aliphatic carbocycles. The number of rotatable bonds is 4. The second-order valence-electron chi connectivity index (χ2n) is 13.7. The van der Waals surface area contributed by atoms with Gasteiger partial charge in [-0.05, 0) is 37.4 Å². The van der Waals surface area contributed by atoms with Gasteiger partial charge in [-0.25, -0.2) is 14.8 Å². The lowest BCUT2D eigenvalue weighted by Crippen LogP contribution is -2.73. The molecule has 2 amide bonds. The van der Waals surface area contributed by atoms with E-state index in [9.17, 15) is 18.0 Å². The molecule has 2 atom stereocenters. The average molecular weight is 571 g/mol. The second-order valence-corrected chi connectivity index (χ2v) is 13.7. The molecule has 3 aliphatic rings. The van der Waals surface area contributed by atoms with Crippen molar-refractivity contribution >= 4 is 94.2 Å². The first-order chi connectivity index (χ1) is 19.4. The Bertz CT molecular complexity index is 1340. The Morgan fingerprint density at radius 1 is 0.905 bits per heavy atom. The van der Waals surface area contributed by atoms with Crippen molar-refractivity contribution in [1.82, 2.24) is 25.1 Å². The molecule has 5 rings (SSSR count). The summed E-state index contributed by atoms with van der Waals surface area (Å²) in [5.41, 5.74) is 7.81. The van der Waals surface area contributed by atoms with Crippen LogP contribution in [0.3, 0.4) is 0 Å². The number of halogens is 3. The van der Waals surface area contributed by atoms with Crippen molar-refractivity contribution in [3.8, 4) is 0 Å². The summed E-state index contributed by atoms with van der Waals surface area (Å²) in [6, 6.07) is -0.190. The predicted molar refractivity (Wildman–Crippen MR) is 182 cm³/mol. The molecule has 2 aliphatic heterocycles. The van der Waals surface area contributed by atoms with E-state index < -0.39 is 11.7 Å². The number of piperazine rings is 1. The normalized spacial score (nSPS) is 23.0. The average Bonchev–Trinajstić information content (AvgIpc) is 2.85. The smallest absolute Gasteiger partial charge is 0.337 e. The molecule has 2 aromatic rings. The van der Waals surface area contributed by atoms with Crippen molar-refractivity contribution in [2.75, 3.05) is 31.1 Å². The highest BCUT2D eigenvalue weighted by atomic mass is 19.4. The van der Waals surface area contributed by atoms with Crippen LogP contribution in [0.1, 0.15) is 37.8 Å². The van der Waals surface area contributed by atoms with Gasteiger partial charge in [-0.15, -0.1) is 16.4 Å². The van der Waals surface area contributed by atoms with Gasteiger partial charge in [0.1, 0.15) is 54.9 Å². The molecule has 1 aromatic carbocycles. The minimum Gasteiger partial charge on any atom is -0.337 e. The molecule has 2 saturated heterocycles. The number of hydrogen-bond donors (Lipinski definition) is 1. The quantitative estimate of drug-likeness (QED) is 0.370. The van der Waals surface area contributed by atoms with Crippen molar-refractivity contribution in [2.45, 2.75) is 56.3 Å². The van der Waals surface area contributed by atoms with E-state index in [4.69, 9.17) is 0 Å². The van der Waals surface area contributed by atoms with E-state index in [1.165, 1.54) is 32.9 Å². The zero-order chi connectivity index (χ0) is 30.9. The number of hydrogen-bond acceptors (Lipinski definition) is 5. The van der Waals surface area contributed by atoms with Crippen molar-refractivity contribution in [3.05, 3.63) is 23.5 Å². The van der Waals surface area contributed by atoms with Crippen LogP contribution in [0.25, 0.3) is 0 Å². The summed E-state index contributed by atoms with van der Waals surface area (Å²) >= 11 is 0. The van der Waals surface area contributed by atoms with Gasteiger partial charge in [-0.2, -0.15) is 13.2 Å². The summed E-state index contributed by atoms with van der Waals surface area (Å²) < 4.78 is 38.7. The maximum absolute atomic E-state index is 13.3. The third-order valence-corrected chi connectivity index (χ3v) is 10.5. The summed E-state index contributed by atoms with van der Waals surface area (Å²) in [5, 5.41) is 3.21. The monoisotopic (exact) mass is 572 g/mol. The predicted octanol–water partition coefficient (Wildman–Crippen LogP) is -7.06. The molecule has 7 nitrogen and oxygen atoms in total. The standard InChI is InChI=1S/C25H38B7F3N6O/c1-11-7-39(21-36-5-13(6-37-21)25(33,34)35)8-12(2)41(11)22(42)38-14-3-23(4-14)9-40(10-23)24(31,32)15-16(26)18(28)20(30)19(29)17(15)27/h5-6,11-12,14H,3-4,7-10,26-32H2,1-2H3,(H,38,42)/t11-,12+. The third kappa shape index (κ3) is 5.28. The molecular formula is C25H38B7F3N6O. The molecule has 1 aromatic heterocycles. The van der Waals surface area contributed by atoms with E-state index >= 15 is 0 Å². The first-order valence-corrected chi connectivity index (χ1v) is 15.0. The highest BCUT2D eigenvalue weighted by Gasteiger charge is 2.56. The Morgan fingerprint density at radius 3 is 1.86 bits per heavy atom. The zero-order valence-corrected chi connectivity index (χ0v) is 26.4. The number of aromatic nitrogens is 2. The summed E-state index contributed by atoms with van der Waals surface area (Å²) in [6.07, 6.45) is -0.871. The molecule has 216 valence electrons. The molecule has 0 bridgehead atoms. The largest absolute Gasteiger partial charge is 0.419 e. The van der Waals surface area contributed by atoms with Crippen LogP contribution in [0.4, 0.5) is 23.9 Å². The molecule has 1 N–H and O–H groups in total. The van der Waals surface area contributed by atoms with Gasteiger partial charge in [0, 0.05) is 56.7 Å². The molecule has 3 heterocycles. The minimum absolute atomic E-state index is 0.0573. The van der Waals surface area contributed by atoms with Crippen LogP contribution in [0.15, 0.2) is 12.4 Å². The zero-order valence-electron chi connectivity index (χ0n) is 26.4. The van der Waals surface area contributed by atoms with Crippen LogP contribution >= 0.6 is 0 Å². The molecule has 0 unspecified atom stereocenters. The lowest BCUT2D eigenvalue weighted by atomic mass is 9.46. The summed E-state index contributed by atoms with van der Waals surface area (Å²) in [4.78, 5) is 27.5. The lowest BCUT2D eigenvalue weighted by Gasteiger charge is -2.64. The van der Waals surface area contributed by atoms with Gasteiger partial charge in [0.15, 0.2) is 0 Å². The van der Waals surface area contributed by atoms with Gasteiger partial charge in [0.25, 0.3) is 0 Å². The van der Waals surface area contributed by atoms with Crippen LogP contribution in [-0.4, -0.2) is 125 Å². The fourth-order valence-electron chi connectivity index (χ4n) is 7.85. The van der Waals surface area contributed by atoms with Gasteiger partial charge in [-0.3, -0.25) is 0 Å². The van der Waals surface area contributed by atoms with E-state index in [0.717, 1.165) is 38.3 Å². The third-order valence-electron chi connectivity index (χ3n) is 10.5. The molecule has 1 spiro atoms. The van der Waals surface area contributed by atoms with Gasteiger partial charge in [0.2, 0.25) is 5.95 Å². The lowest BCUT2D eigenvalue weighted by molar-refractivity contribution is -0.138. The number of amides is 2. The van der Waals surface area contributed by atoms with E-state index in [1.54, 1.807) is 0 Å². The summed E-state index contributed by atoms with van der Waals surface area (Å²) in [5.74, 6) is 0.251.